The van der Waals surface area contributed by atoms with Gasteiger partial charge in [0.25, 0.3) is 0 Å². The van der Waals surface area contributed by atoms with Gasteiger partial charge in [-0.2, -0.15) is 0 Å². The van der Waals surface area contributed by atoms with Crippen LogP contribution >= 0.6 is 0 Å². The first-order valence-corrected chi connectivity index (χ1v) is 9.24. The molecule has 7 nitrogen and oxygen atoms in total. The molecule has 0 bridgehead atoms. The minimum Gasteiger partial charge on any atom is -0.451 e. The van der Waals surface area contributed by atoms with Crippen molar-refractivity contribution in [1.29, 1.82) is 0 Å². The van der Waals surface area contributed by atoms with Gasteiger partial charge in [-0.25, -0.2) is 4.79 Å². The molecule has 0 aliphatic rings. The van der Waals surface area contributed by atoms with Crippen molar-refractivity contribution in [2.75, 3.05) is 5.32 Å². The Balaban J connectivity index is 2.07. The lowest BCUT2D eigenvalue weighted by molar-refractivity contribution is -0.118. The van der Waals surface area contributed by atoms with Gasteiger partial charge >= 0.3 is 5.97 Å². The number of ether oxygens (including phenoxy) is 1. The summed E-state index contributed by atoms with van der Waals surface area (Å²) in [6.45, 7) is 10.5. The van der Waals surface area contributed by atoms with Crippen LogP contribution in [0.5, 0.6) is 0 Å². The number of nitrogens with one attached hydrogen (secondary N) is 1. The molecule has 0 aliphatic carbocycles. The molecular weight excluding hydrogens is 360 g/mol. The summed E-state index contributed by atoms with van der Waals surface area (Å²) >= 11 is 0. The highest BCUT2D eigenvalue weighted by Gasteiger charge is 2.27. The van der Waals surface area contributed by atoms with Crippen LogP contribution in [0, 0.1) is 12.8 Å². The predicted octanol–water partition coefficient (Wildman–Crippen LogP) is 4.13. The molecule has 0 fully saturated rings. The molecule has 2 rings (SSSR count). The van der Waals surface area contributed by atoms with Crippen LogP contribution < -0.4 is 5.32 Å². The van der Waals surface area contributed by atoms with E-state index in [0.717, 1.165) is 0 Å². The van der Waals surface area contributed by atoms with Gasteiger partial charge in [0.1, 0.15) is 5.56 Å². The largest absolute Gasteiger partial charge is 0.451 e. The Hall–Kier alpha value is -2.96. The average Bonchev–Trinajstić information content (AvgIpc) is 3.03. The molecular formula is C21H26N2O5. The zero-order chi connectivity index (χ0) is 21.0. The van der Waals surface area contributed by atoms with Crippen LogP contribution in [0.4, 0.5) is 5.69 Å². The number of Topliss-reactive ketones (excluding diaryl/α,β-unsaturated/α-hetero) is 1. The molecule has 1 aromatic heterocycles. The molecule has 0 saturated carbocycles. The number of esters is 1. The molecule has 1 aromatic carbocycles. The lowest BCUT2D eigenvalue weighted by Gasteiger charge is -2.13. The van der Waals surface area contributed by atoms with Crippen LogP contribution in [-0.4, -0.2) is 28.9 Å². The zero-order valence-corrected chi connectivity index (χ0v) is 17.0. The van der Waals surface area contributed by atoms with Gasteiger partial charge in [-0.05, 0) is 38.1 Å². The average molecular weight is 386 g/mol. The van der Waals surface area contributed by atoms with Crippen LogP contribution in [-0.2, 0) is 9.53 Å². The maximum Gasteiger partial charge on any atom is 0.344 e. The van der Waals surface area contributed by atoms with Crippen LogP contribution in [0.15, 0.2) is 28.8 Å². The molecule has 1 N–H and O–H groups in total. The first kappa shape index (κ1) is 21.3. The normalized spacial score (nSPS) is 12.1. The second-order valence-electron chi connectivity index (χ2n) is 7.30. The highest BCUT2D eigenvalue weighted by molar-refractivity contribution is 6.02. The van der Waals surface area contributed by atoms with Crippen molar-refractivity contribution in [3.63, 3.8) is 0 Å². The highest BCUT2D eigenvalue weighted by Crippen LogP contribution is 2.24. The van der Waals surface area contributed by atoms with Crippen LogP contribution in [0.2, 0.25) is 0 Å². The van der Waals surface area contributed by atoms with Crippen molar-refractivity contribution in [1.82, 2.24) is 5.16 Å². The molecule has 2 aromatic rings. The minimum atomic E-state index is -0.974. The van der Waals surface area contributed by atoms with Gasteiger partial charge < -0.3 is 14.6 Å². The SMILES string of the molecule is Cc1noc(C(C)C)c1C(=O)O[C@H](C)C(=O)c1ccc(NC(=O)C(C)C)cc1. The highest BCUT2D eigenvalue weighted by atomic mass is 16.5. The van der Waals surface area contributed by atoms with Crippen LogP contribution in [0.3, 0.4) is 0 Å². The van der Waals surface area contributed by atoms with E-state index in [4.69, 9.17) is 9.26 Å². The Morgan fingerprint density at radius 3 is 2.18 bits per heavy atom. The fourth-order valence-electron chi connectivity index (χ4n) is 2.54. The van der Waals surface area contributed by atoms with Gasteiger partial charge in [-0.3, -0.25) is 9.59 Å². The minimum absolute atomic E-state index is 0.0386. The number of hydrogen-bond acceptors (Lipinski definition) is 6. The van der Waals surface area contributed by atoms with E-state index in [0.29, 0.717) is 22.7 Å². The Labute approximate surface area is 164 Å². The monoisotopic (exact) mass is 386 g/mol. The molecule has 0 saturated heterocycles. The molecule has 1 amide bonds. The molecule has 1 heterocycles. The predicted molar refractivity (Wildman–Crippen MR) is 104 cm³/mol. The number of aryl methyl sites for hydroxylation is 1. The van der Waals surface area contributed by atoms with E-state index in [1.54, 1.807) is 45.0 Å². The number of anilines is 1. The molecule has 150 valence electrons. The Morgan fingerprint density at radius 2 is 1.64 bits per heavy atom. The van der Waals surface area contributed by atoms with Gasteiger partial charge in [-0.1, -0.05) is 32.9 Å². The summed E-state index contributed by atoms with van der Waals surface area (Å²) in [5, 5.41) is 6.58. The Morgan fingerprint density at radius 1 is 1.04 bits per heavy atom. The third-order valence-electron chi connectivity index (χ3n) is 4.23. The summed E-state index contributed by atoms with van der Waals surface area (Å²) in [5.41, 5.74) is 1.68. The third kappa shape index (κ3) is 4.85. The van der Waals surface area contributed by atoms with Crippen molar-refractivity contribution >= 4 is 23.3 Å². The number of amides is 1. The summed E-state index contributed by atoms with van der Waals surface area (Å²) in [7, 11) is 0. The Bertz CT molecular complexity index is 865. The van der Waals surface area contributed by atoms with Crippen molar-refractivity contribution in [2.24, 2.45) is 5.92 Å². The molecule has 0 radical (unpaired) electrons. The van der Waals surface area contributed by atoms with Gasteiger partial charge in [0.05, 0.1) is 5.69 Å². The zero-order valence-electron chi connectivity index (χ0n) is 17.0. The summed E-state index contributed by atoms with van der Waals surface area (Å²) < 4.78 is 10.5. The molecule has 0 aliphatic heterocycles. The standard InChI is InChI=1S/C21H26N2O5/c1-11(2)19-17(13(5)23-28-19)21(26)27-14(6)18(24)15-7-9-16(10-8-15)22-20(25)12(3)4/h7-12,14H,1-6H3,(H,22,25)/t14-/m1/s1. The lowest BCUT2D eigenvalue weighted by Crippen LogP contribution is -2.25. The molecule has 7 heteroatoms. The fraction of sp³-hybridized carbons (Fsp3) is 0.429. The maximum atomic E-state index is 12.6. The van der Waals surface area contributed by atoms with Gasteiger partial charge in [0.15, 0.2) is 11.9 Å². The Kier molecular flexibility index (Phi) is 6.72. The van der Waals surface area contributed by atoms with Crippen LogP contribution in [0.25, 0.3) is 0 Å². The molecule has 1 atom stereocenters. The van der Waals surface area contributed by atoms with Crippen LogP contribution in [0.1, 0.15) is 72.7 Å². The fourth-order valence-corrected chi connectivity index (χ4v) is 2.54. The lowest BCUT2D eigenvalue weighted by atomic mass is 10.0. The van der Waals surface area contributed by atoms with Crippen molar-refractivity contribution in [3.8, 4) is 0 Å². The number of carbonyl (C=O) groups is 3. The van der Waals surface area contributed by atoms with E-state index < -0.39 is 12.1 Å². The first-order valence-electron chi connectivity index (χ1n) is 9.24. The van der Waals surface area contributed by atoms with E-state index >= 15 is 0 Å². The quantitative estimate of drug-likeness (QED) is 0.567. The van der Waals surface area contributed by atoms with E-state index in [2.05, 4.69) is 10.5 Å². The van der Waals surface area contributed by atoms with E-state index in [1.165, 1.54) is 6.92 Å². The topological polar surface area (TPSA) is 98.5 Å². The summed E-state index contributed by atoms with van der Waals surface area (Å²) in [4.78, 5) is 36.8. The van der Waals surface area contributed by atoms with E-state index in [-0.39, 0.29) is 29.1 Å². The van der Waals surface area contributed by atoms with Gasteiger partial charge in [0.2, 0.25) is 11.7 Å². The first-order chi connectivity index (χ1) is 13.1. The van der Waals surface area contributed by atoms with Gasteiger partial charge in [0, 0.05) is 23.1 Å². The second-order valence-corrected chi connectivity index (χ2v) is 7.30. The van der Waals surface area contributed by atoms with Crippen molar-refractivity contribution in [3.05, 3.63) is 46.8 Å². The van der Waals surface area contributed by atoms with E-state index in [9.17, 15) is 14.4 Å². The number of carbonyl (C=O) groups excluding carboxylic acids is 3. The number of ketones is 1. The summed E-state index contributed by atoms with van der Waals surface area (Å²) in [6, 6.07) is 6.46. The second kappa shape index (κ2) is 8.82. The third-order valence-corrected chi connectivity index (χ3v) is 4.23. The van der Waals surface area contributed by atoms with E-state index in [1.807, 2.05) is 13.8 Å². The molecule has 0 unspecified atom stereocenters. The van der Waals surface area contributed by atoms with Crippen molar-refractivity contribution in [2.45, 2.75) is 53.6 Å². The van der Waals surface area contributed by atoms with Crippen molar-refractivity contribution < 1.29 is 23.6 Å². The molecule has 0 spiro atoms. The number of rotatable bonds is 7. The summed E-state index contributed by atoms with van der Waals surface area (Å²) in [6.07, 6.45) is -0.974. The smallest absolute Gasteiger partial charge is 0.344 e. The molecule has 28 heavy (non-hydrogen) atoms. The number of aromatic nitrogens is 1. The number of nitrogens with zero attached hydrogens (tertiary/aromatic N) is 1. The maximum absolute atomic E-state index is 12.6. The summed E-state index contributed by atoms with van der Waals surface area (Å²) in [5.74, 6) is -0.820. The number of benzene rings is 1. The number of hydrogen-bond donors (Lipinski definition) is 1. The van der Waals surface area contributed by atoms with Gasteiger partial charge in [-0.15, -0.1) is 0 Å².